The second-order valence-electron chi connectivity index (χ2n) is 7.93. The van der Waals surface area contributed by atoms with Crippen molar-refractivity contribution >= 4 is 5.78 Å². The van der Waals surface area contributed by atoms with Crippen molar-refractivity contribution in [3.63, 3.8) is 0 Å². The Morgan fingerprint density at radius 1 is 1.20 bits per heavy atom. The molecule has 1 aromatic carbocycles. The Hall–Kier alpha value is -1.35. The molecular weight excluding hydrogens is 312 g/mol. The van der Waals surface area contributed by atoms with Gasteiger partial charge in [0, 0.05) is 12.3 Å². The van der Waals surface area contributed by atoms with Crippen LogP contribution in [-0.2, 0) is 17.6 Å². The second kappa shape index (κ2) is 8.35. The topological polar surface area (TPSA) is 46.5 Å². The fourth-order valence-electron chi connectivity index (χ4n) is 4.92. The molecule has 25 heavy (non-hydrogen) atoms. The Labute approximate surface area is 151 Å². The molecule has 1 saturated carbocycles. The third kappa shape index (κ3) is 4.08. The Bertz CT molecular complexity index is 595. The summed E-state index contributed by atoms with van der Waals surface area (Å²) in [4.78, 5) is 12.6. The third-order valence-corrected chi connectivity index (χ3v) is 6.32. The maximum Gasteiger partial charge on any atom is 0.136 e. The van der Waals surface area contributed by atoms with Gasteiger partial charge < -0.3 is 9.84 Å². The molecule has 0 heterocycles. The molecule has 1 fully saturated rings. The van der Waals surface area contributed by atoms with E-state index in [9.17, 15) is 9.90 Å². The van der Waals surface area contributed by atoms with Gasteiger partial charge in [-0.3, -0.25) is 4.79 Å². The SMILES string of the molecule is CCCCC[C@H](O)CCC1C(=O)C[C@@H]2Cc3c(cccc3OC)C[C@H]12. The molecule has 3 rings (SSSR count). The number of Topliss-reactive ketones (excluding diaryl/α,β-unsaturated/α-hetero) is 1. The molecule has 0 saturated heterocycles. The highest BCUT2D eigenvalue weighted by atomic mass is 16.5. The lowest BCUT2D eigenvalue weighted by atomic mass is 9.73. The first kappa shape index (κ1) is 18.4. The molecule has 3 nitrogen and oxygen atoms in total. The van der Waals surface area contributed by atoms with Crippen LogP contribution in [0.25, 0.3) is 0 Å². The molecule has 4 atom stereocenters. The number of benzene rings is 1. The summed E-state index contributed by atoms with van der Waals surface area (Å²) in [5, 5.41) is 10.2. The number of unbranched alkanes of at least 4 members (excludes halogenated alkanes) is 2. The summed E-state index contributed by atoms with van der Waals surface area (Å²) in [5.41, 5.74) is 2.66. The van der Waals surface area contributed by atoms with Crippen LogP contribution in [-0.4, -0.2) is 24.1 Å². The lowest BCUT2D eigenvalue weighted by Crippen LogP contribution is -2.27. The first-order chi connectivity index (χ1) is 12.1. The van der Waals surface area contributed by atoms with Crippen molar-refractivity contribution in [3.05, 3.63) is 29.3 Å². The number of ether oxygens (including phenoxy) is 1. The predicted octanol–water partition coefficient (Wildman–Crippen LogP) is 4.34. The molecule has 0 spiro atoms. The van der Waals surface area contributed by atoms with E-state index in [-0.39, 0.29) is 12.0 Å². The van der Waals surface area contributed by atoms with Gasteiger partial charge in [0.15, 0.2) is 0 Å². The molecule has 138 valence electrons. The molecule has 1 aromatic rings. The third-order valence-electron chi connectivity index (χ3n) is 6.32. The molecule has 1 unspecified atom stereocenters. The maximum atomic E-state index is 12.6. The lowest BCUT2D eigenvalue weighted by molar-refractivity contribution is -0.121. The van der Waals surface area contributed by atoms with Crippen molar-refractivity contribution in [3.8, 4) is 5.75 Å². The van der Waals surface area contributed by atoms with E-state index in [0.29, 0.717) is 24.0 Å². The molecular formula is C22H32O3. The summed E-state index contributed by atoms with van der Waals surface area (Å²) in [6.45, 7) is 2.18. The van der Waals surface area contributed by atoms with Crippen LogP contribution in [0, 0.1) is 17.8 Å². The van der Waals surface area contributed by atoms with E-state index in [1.54, 1.807) is 7.11 Å². The van der Waals surface area contributed by atoms with Gasteiger partial charge in [0.05, 0.1) is 13.2 Å². The van der Waals surface area contributed by atoms with Crippen LogP contribution < -0.4 is 4.74 Å². The van der Waals surface area contributed by atoms with Gasteiger partial charge in [-0.15, -0.1) is 0 Å². The molecule has 0 bridgehead atoms. The largest absolute Gasteiger partial charge is 0.496 e. The number of fused-ring (bicyclic) bond motifs is 2. The number of methoxy groups -OCH3 is 1. The van der Waals surface area contributed by atoms with E-state index >= 15 is 0 Å². The average molecular weight is 344 g/mol. The molecule has 0 amide bonds. The summed E-state index contributed by atoms with van der Waals surface area (Å²) >= 11 is 0. The Kier molecular flexibility index (Phi) is 6.16. The van der Waals surface area contributed by atoms with Gasteiger partial charge in [0.1, 0.15) is 11.5 Å². The van der Waals surface area contributed by atoms with Crippen molar-refractivity contribution in [2.24, 2.45) is 17.8 Å². The average Bonchev–Trinajstić information content (AvgIpc) is 2.92. The summed E-state index contributed by atoms with van der Waals surface area (Å²) < 4.78 is 5.52. The van der Waals surface area contributed by atoms with Crippen LogP contribution in [0.1, 0.15) is 63.0 Å². The van der Waals surface area contributed by atoms with Gasteiger partial charge in [-0.1, -0.05) is 38.3 Å². The monoisotopic (exact) mass is 344 g/mol. The fraction of sp³-hybridized carbons (Fsp3) is 0.682. The summed E-state index contributed by atoms with van der Waals surface area (Å²) in [5.74, 6) is 2.44. The van der Waals surface area contributed by atoms with Crippen LogP contribution in [0.5, 0.6) is 5.75 Å². The number of hydrogen-bond donors (Lipinski definition) is 1. The molecule has 0 aromatic heterocycles. The van der Waals surface area contributed by atoms with E-state index in [1.165, 1.54) is 24.0 Å². The van der Waals surface area contributed by atoms with Gasteiger partial charge in [-0.05, 0) is 61.1 Å². The van der Waals surface area contributed by atoms with Crippen LogP contribution in [0.4, 0.5) is 0 Å². The molecule has 2 aliphatic carbocycles. The number of aliphatic hydroxyl groups excluding tert-OH is 1. The summed E-state index contributed by atoms with van der Waals surface area (Å²) in [6.07, 6.45) is 8.38. The van der Waals surface area contributed by atoms with Gasteiger partial charge in [0.2, 0.25) is 0 Å². The van der Waals surface area contributed by atoms with Gasteiger partial charge >= 0.3 is 0 Å². The number of ketones is 1. The van der Waals surface area contributed by atoms with Crippen molar-refractivity contribution in [1.82, 2.24) is 0 Å². The van der Waals surface area contributed by atoms with Crippen LogP contribution in [0.3, 0.4) is 0 Å². The Balaban J connectivity index is 1.62. The van der Waals surface area contributed by atoms with Crippen LogP contribution in [0.15, 0.2) is 18.2 Å². The van der Waals surface area contributed by atoms with E-state index < -0.39 is 0 Å². The fourth-order valence-corrected chi connectivity index (χ4v) is 4.92. The number of carbonyl (C=O) groups is 1. The van der Waals surface area contributed by atoms with Gasteiger partial charge in [0.25, 0.3) is 0 Å². The highest BCUT2D eigenvalue weighted by molar-refractivity contribution is 5.84. The zero-order valence-corrected chi connectivity index (χ0v) is 15.7. The Morgan fingerprint density at radius 3 is 2.80 bits per heavy atom. The minimum absolute atomic E-state index is 0.144. The van der Waals surface area contributed by atoms with Crippen LogP contribution >= 0.6 is 0 Å². The highest BCUT2D eigenvalue weighted by Gasteiger charge is 2.44. The van der Waals surface area contributed by atoms with E-state index in [0.717, 1.165) is 44.3 Å². The minimum Gasteiger partial charge on any atom is -0.496 e. The molecule has 0 radical (unpaired) electrons. The Morgan fingerprint density at radius 2 is 2.04 bits per heavy atom. The lowest BCUT2D eigenvalue weighted by Gasteiger charge is -2.31. The van der Waals surface area contributed by atoms with Crippen molar-refractivity contribution in [1.29, 1.82) is 0 Å². The number of aliphatic hydroxyl groups is 1. The molecule has 3 heteroatoms. The number of carbonyl (C=O) groups excluding carboxylic acids is 1. The molecule has 2 aliphatic rings. The zero-order chi connectivity index (χ0) is 17.8. The van der Waals surface area contributed by atoms with E-state index in [2.05, 4.69) is 19.1 Å². The zero-order valence-electron chi connectivity index (χ0n) is 15.7. The smallest absolute Gasteiger partial charge is 0.136 e. The van der Waals surface area contributed by atoms with E-state index in [1.807, 2.05) is 6.07 Å². The quantitative estimate of drug-likeness (QED) is 0.714. The van der Waals surface area contributed by atoms with Crippen molar-refractivity contribution in [2.45, 2.75) is 70.8 Å². The van der Waals surface area contributed by atoms with Gasteiger partial charge in [-0.25, -0.2) is 0 Å². The van der Waals surface area contributed by atoms with Gasteiger partial charge in [-0.2, -0.15) is 0 Å². The summed E-state index contributed by atoms with van der Waals surface area (Å²) in [7, 11) is 1.73. The normalized spacial score (nSPS) is 26.2. The minimum atomic E-state index is -0.241. The van der Waals surface area contributed by atoms with Crippen molar-refractivity contribution < 1.29 is 14.6 Å². The first-order valence-corrected chi connectivity index (χ1v) is 9.99. The summed E-state index contributed by atoms with van der Waals surface area (Å²) in [6, 6.07) is 6.27. The molecule has 1 N–H and O–H groups in total. The number of hydrogen-bond acceptors (Lipinski definition) is 3. The van der Waals surface area contributed by atoms with Crippen molar-refractivity contribution in [2.75, 3.05) is 7.11 Å². The number of rotatable bonds is 8. The maximum absolute atomic E-state index is 12.6. The highest BCUT2D eigenvalue weighted by Crippen LogP contribution is 2.46. The van der Waals surface area contributed by atoms with Crippen LogP contribution in [0.2, 0.25) is 0 Å². The molecule has 0 aliphatic heterocycles. The van der Waals surface area contributed by atoms with E-state index in [4.69, 9.17) is 4.74 Å². The predicted molar refractivity (Wildman–Crippen MR) is 99.9 cm³/mol. The first-order valence-electron chi connectivity index (χ1n) is 9.99. The second-order valence-corrected chi connectivity index (χ2v) is 7.93. The standard InChI is InChI=1S/C22H32O3/c1-3-4-5-8-17(23)10-11-18-19-12-15-7-6-9-22(25-2)20(15)13-16(19)14-21(18)24/h6-7,9,16-19,23H,3-5,8,10-14H2,1-2H3/t16-,17-,18?,19-/m0/s1.